The molecular formula is C29H36ClN5O5. The molecule has 1 aliphatic rings. The van der Waals surface area contributed by atoms with E-state index in [1.54, 1.807) is 18.2 Å². The number of aryl methyl sites for hydroxylation is 1. The average molecular weight is 570 g/mol. The number of nitrogens with one attached hydrogen (secondary N) is 1. The molecule has 214 valence electrons. The molecule has 2 heterocycles. The van der Waals surface area contributed by atoms with Gasteiger partial charge in [-0.2, -0.15) is 0 Å². The predicted molar refractivity (Wildman–Crippen MR) is 153 cm³/mol. The van der Waals surface area contributed by atoms with E-state index in [1.807, 2.05) is 49.9 Å². The SMILES string of the molecule is COC(=O)CN1CCC(Cn2c(=O)[nH]/c(=N\c3ccc(OC(C)C)c(C)c3)n(Cc3ccc(Cl)cc3)c2=O)CC1. The third-order valence-electron chi connectivity index (χ3n) is 6.92. The highest BCUT2D eigenvalue weighted by Crippen LogP contribution is 2.24. The van der Waals surface area contributed by atoms with Crippen LogP contribution in [-0.2, 0) is 22.6 Å². The van der Waals surface area contributed by atoms with Crippen molar-refractivity contribution >= 4 is 23.3 Å². The van der Waals surface area contributed by atoms with E-state index in [0.29, 0.717) is 23.8 Å². The molecule has 0 spiro atoms. The molecule has 0 radical (unpaired) electrons. The summed E-state index contributed by atoms with van der Waals surface area (Å²) in [6.45, 7) is 7.96. The number of H-pyrrole nitrogens is 1. The Bertz CT molecular complexity index is 1520. The third kappa shape index (κ3) is 7.51. The van der Waals surface area contributed by atoms with Crippen molar-refractivity contribution in [3.63, 3.8) is 0 Å². The Morgan fingerprint density at radius 2 is 1.80 bits per heavy atom. The number of nitrogens with zero attached hydrogens (tertiary/aromatic N) is 4. The number of likely N-dealkylation sites (tertiary alicyclic amines) is 1. The molecule has 0 bridgehead atoms. The van der Waals surface area contributed by atoms with Crippen LogP contribution < -0.4 is 21.7 Å². The van der Waals surface area contributed by atoms with Crippen molar-refractivity contribution in [3.8, 4) is 5.75 Å². The zero-order valence-electron chi connectivity index (χ0n) is 23.4. The largest absolute Gasteiger partial charge is 0.491 e. The number of rotatable bonds is 9. The molecule has 1 N–H and O–H groups in total. The van der Waals surface area contributed by atoms with E-state index < -0.39 is 11.4 Å². The molecule has 0 atom stereocenters. The van der Waals surface area contributed by atoms with Crippen LogP contribution in [0.25, 0.3) is 0 Å². The van der Waals surface area contributed by atoms with E-state index in [9.17, 15) is 14.4 Å². The Labute approximate surface area is 237 Å². The van der Waals surface area contributed by atoms with Crippen LogP contribution in [-0.4, -0.2) is 57.8 Å². The minimum Gasteiger partial charge on any atom is -0.491 e. The maximum absolute atomic E-state index is 13.8. The molecule has 1 aliphatic heterocycles. The third-order valence-corrected chi connectivity index (χ3v) is 7.17. The number of benzene rings is 2. The summed E-state index contributed by atoms with van der Waals surface area (Å²) in [6, 6.07) is 12.7. The summed E-state index contributed by atoms with van der Waals surface area (Å²) in [5, 5.41) is 0.593. The summed E-state index contributed by atoms with van der Waals surface area (Å²) in [7, 11) is 1.38. The minimum absolute atomic E-state index is 0.0343. The van der Waals surface area contributed by atoms with Gasteiger partial charge >= 0.3 is 17.3 Å². The fourth-order valence-corrected chi connectivity index (χ4v) is 4.89. The Morgan fingerprint density at radius 1 is 1.10 bits per heavy atom. The van der Waals surface area contributed by atoms with Gasteiger partial charge in [0.25, 0.3) is 0 Å². The molecule has 10 nitrogen and oxygen atoms in total. The highest BCUT2D eigenvalue weighted by molar-refractivity contribution is 6.30. The first kappa shape index (κ1) is 29.4. The number of hydrogen-bond acceptors (Lipinski definition) is 7. The van der Waals surface area contributed by atoms with Crippen LogP contribution in [0.4, 0.5) is 5.69 Å². The first-order valence-electron chi connectivity index (χ1n) is 13.4. The Morgan fingerprint density at radius 3 is 2.42 bits per heavy atom. The van der Waals surface area contributed by atoms with E-state index in [-0.39, 0.29) is 43.2 Å². The molecule has 0 aliphatic carbocycles. The lowest BCUT2D eigenvalue weighted by Gasteiger charge is -2.31. The molecule has 0 unspecified atom stereocenters. The molecule has 11 heteroatoms. The van der Waals surface area contributed by atoms with Gasteiger partial charge in [-0.15, -0.1) is 0 Å². The van der Waals surface area contributed by atoms with Crippen LogP contribution in [0.15, 0.2) is 57.0 Å². The second-order valence-electron chi connectivity index (χ2n) is 10.4. The second kappa shape index (κ2) is 13.1. The summed E-state index contributed by atoms with van der Waals surface area (Å²) in [5.41, 5.74) is 1.54. The first-order chi connectivity index (χ1) is 19.1. The van der Waals surface area contributed by atoms with Gasteiger partial charge in [0, 0.05) is 11.6 Å². The van der Waals surface area contributed by atoms with E-state index in [1.165, 1.54) is 16.2 Å². The zero-order valence-corrected chi connectivity index (χ0v) is 24.1. The van der Waals surface area contributed by atoms with Crippen molar-refractivity contribution in [2.75, 3.05) is 26.7 Å². The van der Waals surface area contributed by atoms with Gasteiger partial charge in [-0.25, -0.2) is 19.1 Å². The van der Waals surface area contributed by atoms with Gasteiger partial charge < -0.3 is 9.47 Å². The van der Waals surface area contributed by atoms with Gasteiger partial charge in [0.15, 0.2) is 0 Å². The lowest BCUT2D eigenvalue weighted by molar-refractivity contribution is -0.142. The monoisotopic (exact) mass is 569 g/mol. The summed E-state index contributed by atoms with van der Waals surface area (Å²) < 4.78 is 13.3. The highest BCUT2D eigenvalue weighted by atomic mass is 35.5. The second-order valence-corrected chi connectivity index (χ2v) is 10.8. The lowest BCUT2D eigenvalue weighted by atomic mass is 9.97. The fourth-order valence-electron chi connectivity index (χ4n) is 4.76. The predicted octanol–water partition coefficient (Wildman–Crippen LogP) is 3.25. The maximum Gasteiger partial charge on any atom is 0.335 e. The molecule has 1 aromatic heterocycles. The number of piperidine rings is 1. The number of aromatic amines is 1. The molecule has 1 fully saturated rings. The fraction of sp³-hybridized carbons (Fsp3) is 0.448. The number of halogens is 1. The molecule has 0 saturated carbocycles. The highest BCUT2D eigenvalue weighted by Gasteiger charge is 2.23. The summed E-state index contributed by atoms with van der Waals surface area (Å²) in [6.07, 6.45) is 1.55. The number of methoxy groups -OCH3 is 1. The van der Waals surface area contributed by atoms with Crippen LogP contribution in [0.3, 0.4) is 0 Å². The van der Waals surface area contributed by atoms with Crippen LogP contribution in [0.1, 0.15) is 37.8 Å². The van der Waals surface area contributed by atoms with Gasteiger partial charge in [0.2, 0.25) is 5.62 Å². The van der Waals surface area contributed by atoms with E-state index >= 15 is 0 Å². The number of ether oxygens (including phenoxy) is 2. The zero-order chi connectivity index (χ0) is 28.8. The van der Waals surface area contributed by atoms with E-state index in [2.05, 4.69) is 9.98 Å². The standard InChI is InChI=1S/C29H36ClN5O5/c1-19(2)40-25-10-9-24(15-20(25)3)31-27-32-28(37)35(17-22-11-13-33(14-12-22)18-26(36)39-4)29(38)34(27)16-21-5-7-23(30)8-6-21/h5-10,15,19,22H,11-14,16-18H2,1-4H3,(H,31,32,37). The van der Waals surface area contributed by atoms with Gasteiger partial charge in [-0.1, -0.05) is 23.7 Å². The van der Waals surface area contributed by atoms with Crippen LogP contribution in [0.2, 0.25) is 5.02 Å². The Hall–Kier alpha value is -3.63. The van der Waals surface area contributed by atoms with Crippen molar-refractivity contribution < 1.29 is 14.3 Å². The Kier molecular flexibility index (Phi) is 9.65. The first-order valence-corrected chi connectivity index (χ1v) is 13.8. The normalized spacial score (nSPS) is 15.0. The molecule has 2 aromatic carbocycles. The van der Waals surface area contributed by atoms with Gasteiger partial charge in [0.05, 0.1) is 32.0 Å². The van der Waals surface area contributed by atoms with Crippen molar-refractivity contribution in [3.05, 3.63) is 85.2 Å². The molecule has 0 amide bonds. The van der Waals surface area contributed by atoms with E-state index in [4.69, 9.17) is 21.1 Å². The number of esters is 1. The van der Waals surface area contributed by atoms with E-state index in [0.717, 1.165) is 29.7 Å². The molecular weight excluding hydrogens is 534 g/mol. The Balaban J connectivity index is 1.67. The van der Waals surface area contributed by atoms with Crippen LogP contribution in [0.5, 0.6) is 5.75 Å². The molecule has 3 aromatic rings. The number of aromatic nitrogens is 3. The van der Waals surface area contributed by atoms with Crippen LogP contribution >= 0.6 is 11.6 Å². The number of carbonyl (C=O) groups is 1. The quantitative estimate of drug-likeness (QED) is 0.396. The van der Waals surface area contributed by atoms with Crippen molar-refractivity contribution in [1.29, 1.82) is 0 Å². The van der Waals surface area contributed by atoms with Crippen molar-refractivity contribution in [1.82, 2.24) is 19.0 Å². The van der Waals surface area contributed by atoms with Gasteiger partial charge in [-0.3, -0.25) is 19.2 Å². The van der Waals surface area contributed by atoms with Gasteiger partial charge in [0.1, 0.15) is 5.75 Å². The molecule has 4 rings (SSSR count). The molecule has 40 heavy (non-hydrogen) atoms. The summed E-state index contributed by atoms with van der Waals surface area (Å²) in [4.78, 5) is 48.1. The summed E-state index contributed by atoms with van der Waals surface area (Å²) in [5.74, 6) is 0.603. The number of carbonyl (C=O) groups excluding carboxylic acids is 1. The summed E-state index contributed by atoms with van der Waals surface area (Å²) >= 11 is 6.07. The molecule has 1 saturated heterocycles. The topological polar surface area (TPSA) is 111 Å². The van der Waals surface area contributed by atoms with Crippen molar-refractivity contribution in [2.24, 2.45) is 10.9 Å². The minimum atomic E-state index is -0.510. The lowest BCUT2D eigenvalue weighted by Crippen LogP contribution is -2.51. The van der Waals surface area contributed by atoms with Crippen LogP contribution in [0, 0.1) is 12.8 Å². The van der Waals surface area contributed by atoms with Crippen molar-refractivity contribution in [2.45, 2.75) is 52.8 Å². The number of hydrogen-bond donors (Lipinski definition) is 1. The average Bonchev–Trinajstić information content (AvgIpc) is 2.92. The van der Waals surface area contributed by atoms with Gasteiger partial charge in [-0.05, 0) is 94.1 Å². The maximum atomic E-state index is 13.8. The smallest absolute Gasteiger partial charge is 0.335 e.